The molecule has 0 fully saturated rings. The number of ether oxygens (including phenoxy) is 2. The van der Waals surface area contributed by atoms with Crippen LogP contribution in [0.15, 0.2) is 90.1 Å². The molecule has 0 saturated heterocycles. The summed E-state index contributed by atoms with van der Waals surface area (Å²) in [7, 11) is 0. The van der Waals surface area contributed by atoms with E-state index < -0.39 is 12.2 Å². The zero-order chi connectivity index (χ0) is 23.7. The highest BCUT2D eigenvalue weighted by atomic mass is 16.6. The molecule has 0 unspecified atom stereocenters. The predicted molar refractivity (Wildman–Crippen MR) is 128 cm³/mol. The van der Waals surface area contributed by atoms with E-state index in [1.54, 1.807) is 12.2 Å². The first kappa shape index (κ1) is 25.1. The standard InChI is InChI=1S/C24H29N5O4/c1-3-14-25-23(30)32-18-16-29(17-19-33-24(31)26-15-4-2)22-12-10-21(11-13-22)28-27-20-8-6-5-7-9-20/h3-13H,1-2,14-19H2,(H,25,30)(H,26,31). The smallest absolute Gasteiger partial charge is 0.407 e. The number of nitrogens with zero attached hydrogens (tertiary/aromatic N) is 3. The largest absolute Gasteiger partial charge is 0.448 e. The summed E-state index contributed by atoms with van der Waals surface area (Å²) in [6.45, 7) is 8.86. The highest BCUT2D eigenvalue weighted by Crippen LogP contribution is 2.22. The Hall–Kier alpha value is -4.14. The van der Waals surface area contributed by atoms with Crippen LogP contribution >= 0.6 is 0 Å². The topological polar surface area (TPSA) is 105 Å². The summed E-state index contributed by atoms with van der Waals surface area (Å²) in [5.74, 6) is 0. The molecule has 2 aromatic rings. The summed E-state index contributed by atoms with van der Waals surface area (Å²) in [5, 5.41) is 13.6. The molecule has 0 aromatic heterocycles. The van der Waals surface area contributed by atoms with Crippen molar-refractivity contribution in [3.63, 3.8) is 0 Å². The number of carbonyl (C=O) groups is 2. The number of azo groups is 1. The molecule has 0 saturated carbocycles. The van der Waals surface area contributed by atoms with Gasteiger partial charge in [0, 0.05) is 18.8 Å². The van der Waals surface area contributed by atoms with Crippen LogP contribution in [0.25, 0.3) is 0 Å². The molecule has 174 valence electrons. The van der Waals surface area contributed by atoms with E-state index in [-0.39, 0.29) is 13.2 Å². The fourth-order valence-electron chi connectivity index (χ4n) is 2.62. The second-order valence-corrected chi connectivity index (χ2v) is 6.65. The van der Waals surface area contributed by atoms with Crippen LogP contribution in [-0.4, -0.2) is 51.6 Å². The van der Waals surface area contributed by atoms with Gasteiger partial charge >= 0.3 is 12.2 Å². The fourth-order valence-corrected chi connectivity index (χ4v) is 2.62. The maximum atomic E-state index is 11.6. The molecule has 0 atom stereocenters. The molecular formula is C24H29N5O4. The van der Waals surface area contributed by atoms with E-state index in [4.69, 9.17) is 9.47 Å². The molecule has 9 heteroatoms. The number of anilines is 1. The average molecular weight is 452 g/mol. The Bertz CT molecular complexity index is 886. The molecule has 0 bridgehead atoms. The number of hydrogen-bond acceptors (Lipinski definition) is 7. The first-order valence-electron chi connectivity index (χ1n) is 10.5. The number of carbonyl (C=O) groups excluding carboxylic acids is 2. The maximum absolute atomic E-state index is 11.6. The molecular weight excluding hydrogens is 422 g/mol. The maximum Gasteiger partial charge on any atom is 0.407 e. The van der Waals surface area contributed by atoms with Crippen molar-refractivity contribution in [2.24, 2.45) is 10.2 Å². The fraction of sp³-hybridized carbons (Fsp3) is 0.250. The van der Waals surface area contributed by atoms with Crippen LogP contribution in [0.1, 0.15) is 0 Å². The van der Waals surface area contributed by atoms with Crippen molar-refractivity contribution in [1.29, 1.82) is 0 Å². The Balaban J connectivity index is 1.97. The summed E-state index contributed by atoms with van der Waals surface area (Å²) >= 11 is 0. The van der Waals surface area contributed by atoms with Gasteiger partial charge in [0.2, 0.25) is 0 Å². The van der Waals surface area contributed by atoms with Crippen molar-refractivity contribution in [2.45, 2.75) is 0 Å². The zero-order valence-electron chi connectivity index (χ0n) is 18.5. The minimum Gasteiger partial charge on any atom is -0.448 e. The minimum atomic E-state index is -0.522. The highest BCUT2D eigenvalue weighted by molar-refractivity contribution is 5.67. The lowest BCUT2D eigenvalue weighted by atomic mass is 10.2. The molecule has 33 heavy (non-hydrogen) atoms. The molecule has 2 rings (SSSR count). The van der Waals surface area contributed by atoms with Gasteiger partial charge in [0.15, 0.2) is 0 Å². The lowest BCUT2D eigenvalue weighted by Crippen LogP contribution is -2.35. The second kappa shape index (κ2) is 14.8. The van der Waals surface area contributed by atoms with Gasteiger partial charge < -0.3 is 25.0 Å². The number of rotatable bonds is 13. The van der Waals surface area contributed by atoms with Gasteiger partial charge in [-0.1, -0.05) is 30.4 Å². The molecule has 0 spiro atoms. The molecule has 0 aliphatic heterocycles. The van der Waals surface area contributed by atoms with Gasteiger partial charge in [-0.3, -0.25) is 0 Å². The van der Waals surface area contributed by atoms with Gasteiger partial charge in [0.1, 0.15) is 13.2 Å². The molecule has 9 nitrogen and oxygen atoms in total. The molecule has 0 radical (unpaired) electrons. The van der Waals surface area contributed by atoms with Crippen molar-refractivity contribution < 1.29 is 19.1 Å². The number of nitrogens with one attached hydrogen (secondary N) is 2. The Labute approximate surface area is 193 Å². The lowest BCUT2D eigenvalue weighted by molar-refractivity contribution is 0.145. The summed E-state index contributed by atoms with van der Waals surface area (Å²) in [6.07, 6.45) is 2.09. The molecule has 2 amide bonds. The van der Waals surface area contributed by atoms with Gasteiger partial charge in [-0.15, -0.1) is 13.2 Å². The molecule has 0 aliphatic carbocycles. The summed E-state index contributed by atoms with van der Waals surface area (Å²) in [6, 6.07) is 16.9. The van der Waals surface area contributed by atoms with E-state index >= 15 is 0 Å². The summed E-state index contributed by atoms with van der Waals surface area (Å²) in [5.41, 5.74) is 2.32. The van der Waals surface area contributed by atoms with Gasteiger partial charge in [-0.25, -0.2) is 9.59 Å². The summed E-state index contributed by atoms with van der Waals surface area (Å²) in [4.78, 5) is 25.2. The van der Waals surface area contributed by atoms with Crippen LogP contribution in [-0.2, 0) is 9.47 Å². The predicted octanol–water partition coefficient (Wildman–Crippen LogP) is 4.73. The van der Waals surface area contributed by atoms with Crippen molar-refractivity contribution in [3.8, 4) is 0 Å². The van der Waals surface area contributed by atoms with Gasteiger partial charge in [-0.2, -0.15) is 10.2 Å². The van der Waals surface area contributed by atoms with Crippen LogP contribution in [0, 0.1) is 0 Å². The van der Waals surface area contributed by atoms with Gasteiger partial charge in [-0.05, 0) is 36.4 Å². The van der Waals surface area contributed by atoms with Crippen LogP contribution < -0.4 is 15.5 Å². The Kier molecular flexibility index (Phi) is 11.3. The highest BCUT2D eigenvalue weighted by Gasteiger charge is 2.10. The Morgan fingerprint density at radius 3 is 1.76 bits per heavy atom. The second-order valence-electron chi connectivity index (χ2n) is 6.65. The third kappa shape index (κ3) is 10.1. The van der Waals surface area contributed by atoms with Crippen LogP contribution in [0.5, 0.6) is 0 Å². The molecule has 2 aromatic carbocycles. The van der Waals surface area contributed by atoms with E-state index in [9.17, 15) is 9.59 Å². The van der Waals surface area contributed by atoms with Crippen LogP contribution in [0.4, 0.5) is 26.7 Å². The van der Waals surface area contributed by atoms with Crippen molar-refractivity contribution in [1.82, 2.24) is 10.6 Å². The number of amides is 2. The van der Waals surface area contributed by atoms with E-state index in [1.807, 2.05) is 59.5 Å². The van der Waals surface area contributed by atoms with E-state index in [0.717, 1.165) is 11.4 Å². The molecule has 2 N–H and O–H groups in total. The first-order valence-corrected chi connectivity index (χ1v) is 10.5. The number of hydrogen-bond donors (Lipinski definition) is 2. The quantitative estimate of drug-likeness (QED) is 0.338. The van der Waals surface area contributed by atoms with Crippen molar-refractivity contribution >= 4 is 29.2 Å². The van der Waals surface area contributed by atoms with Crippen LogP contribution in [0.3, 0.4) is 0 Å². The van der Waals surface area contributed by atoms with E-state index in [2.05, 4.69) is 34.0 Å². The third-order valence-electron chi connectivity index (χ3n) is 4.22. The monoisotopic (exact) mass is 451 g/mol. The van der Waals surface area contributed by atoms with Crippen molar-refractivity contribution in [3.05, 3.63) is 79.9 Å². The zero-order valence-corrected chi connectivity index (χ0v) is 18.5. The normalized spacial score (nSPS) is 10.3. The van der Waals surface area contributed by atoms with Gasteiger partial charge in [0.05, 0.1) is 24.5 Å². The van der Waals surface area contributed by atoms with Gasteiger partial charge in [0.25, 0.3) is 0 Å². The minimum absolute atomic E-state index is 0.154. The Morgan fingerprint density at radius 1 is 0.788 bits per heavy atom. The average Bonchev–Trinajstić information content (AvgIpc) is 2.85. The van der Waals surface area contributed by atoms with E-state index in [0.29, 0.717) is 31.9 Å². The molecule has 0 heterocycles. The number of alkyl carbamates (subject to hydrolysis) is 2. The SMILES string of the molecule is C=CCNC(=O)OCCN(CCOC(=O)NCC=C)c1ccc(N=Nc2ccccc2)cc1. The third-order valence-corrected chi connectivity index (χ3v) is 4.22. The Morgan fingerprint density at radius 2 is 1.27 bits per heavy atom. The number of benzene rings is 2. The first-order chi connectivity index (χ1) is 16.1. The van der Waals surface area contributed by atoms with E-state index in [1.165, 1.54) is 0 Å². The molecule has 0 aliphatic rings. The van der Waals surface area contributed by atoms with Crippen LogP contribution in [0.2, 0.25) is 0 Å². The summed E-state index contributed by atoms with van der Waals surface area (Å²) < 4.78 is 10.4. The lowest BCUT2D eigenvalue weighted by Gasteiger charge is -2.24. The van der Waals surface area contributed by atoms with Crippen molar-refractivity contribution in [2.75, 3.05) is 44.3 Å².